The SMILES string of the molecule is CCCNC1CC2CCCC(C1)N2c1ccccc1OC. The van der Waals surface area contributed by atoms with Crippen molar-refractivity contribution in [2.75, 3.05) is 18.6 Å². The monoisotopic (exact) mass is 288 g/mol. The van der Waals surface area contributed by atoms with E-state index in [0.717, 1.165) is 12.3 Å². The van der Waals surface area contributed by atoms with Crippen molar-refractivity contribution < 1.29 is 4.74 Å². The van der Waals surface area contributed by atoms with Crippen molar-refractivity contribution >= 4 is 5.69 Å². The molecule has 2 aliphatic heterocycles. The number of hydrogen-bond acceptors (Lipinski definition) is 3. The molecule has 0 saturated carbocycles. The minimum absolute atomic E-state index is 0.670. The molecule has 0 amide bonds. The molecule has 3 heteroatoms. The molecule has 2 unspecified atom stereocenters. The van der Waals surface area contributed by atoms with Crippen LogP contribution in [0.3, 0.4) is 0 Å². The van der Waals surface area contributed by atoms with Gasteiger partial charge in [-0.05, 0) is 57.2 Å². The predicted octanol–water partition coefficient (Wildman–Crippen LogP) is 3.58. The molecule has 2 fully saturated rings. The van der Waals surface area contributed by atoms with Gasteiger partial charge in [0.15, 0.2) is 0 Å². The molecule has 0 aromatic heterocycles. The first-order chi connectivity index (χ1) is 10.3. The number of para-hydroxylation sites is 2. The number of nitrogens with one attached hydrogen (secondary N) is 1. The maximum Gasteiger partial charge on any atom is 0.142 e. The number of piperidine rings is 2. The first kappa shape index (κ1) is 14.7. The maximum atomic E-state index is 5.60. The number of hydrogen-bond donors (Lipinski definition) is 1. The number of rotatable bonds is 5. The zero-order valence-corrected chi connectivity index (χ0v) is 13.3. The van der Waals surface area contributed by atoms with Crippen LogP contribution in [-0.4, -0.2) is 31.8 Å². The highest BCUT2D eigenvalue weighted by Gasteiger charge is 2.38. The third kappa shape index (κ3) is 3.03. The van der Waals surface area contributed by atoms with E-state index in [2.05, 4.69) is 41.4 Å². The third-order valence-electron chi connectivity index (χ3n) is 5.02. The standard InChI is InChI=1S/C18H28N2O/c1-3-11-19-14-12-15-7-6-8-16(13-14)20(15)17-9-4-5-10-18(17)21-2/h4-5,9-10,14-16,19H,3,6-8,11-13H2,1-2H3. The number of anilines is 1. The molecule has 116 valence electrons. The molecule has 0 radical (unpaired) electrons. The van der Waals surface area contributed by atoms with E-state index in [9.17, 15) is 0 Å². The molecule has 2 saturated heterocycles. The van der Waals surface area contributed by atoms with Crippen LogP contribution in [-0.2, 0) is 0 Å². The fourth-order valence-electron chi connectivity index (χ4n) is 4.13. The van der Waals surface area contributed by atoms with E-state index in [-0.39, 0.29) is 0 Å². The molecule has 3 rings (SSSR count). The Morgan fingerprint density at radius 3 is 2.57 bits per heavy atom. The van der Waals surface area contributed by atoms with E-state index in [1.807, 2.05) is 0 Å². The van der Waals surface area contributed by atoms with Gasteiger partial charge in [0.05, 0.1) is 12.8 Å². The lowest BCUT2D eigenvalue weighted by atomic mass is 9.81. The van der Waals surface area contributed by atoms with Gasteiger partial charge >= 0.3 is 0 Å². The summed E-state index contributed by atoms with van der Waals surface area (Å²) < 4.78 is 5.60. The first-order valence-corrected chi connectivity index (χ1v) is 8.48. The fraction of sp³-hybridized carbons (Fsp3) is 0.667. The molecule has 2 bridgehead atoms. The minimum Gasteiger partial charge on any atom is -0.495 e. The second-order valence-electron chi connectivity index (χ2n) is 6.44. The van der Waals surface area contributed by atoms with Crippen molar-refractivity contribution in [1.29, 1.82) is 0 Å². The van der Waals surface area contributed by atoms with Gasteiger partial charge in [-0.15, -0.1) is 0 Å². The van der Waals surface area contributed by atoms with E-state index in [4.69, 9.17) is 4.74 Å². The minimum atomic E-state index is 0.670. The van der Waals surface area contributed by atoms with Crippen molar-refractivity contribution in [2.45, 2.75) is 63.6 Å². The molecule has 1 N–H and O–H groups in total. The van der Waals surface area contributed by atoms with Gasteiger partial charge in [-0.2, -0.15) is 0 Å². The number of fused-ring (bicyclic) bond motifs is 2. The Bertz CT molecular complexity index is 448. The lowest BCUT2D eigenvalue weighted by molar-refractivity contribution is 0.244. The third-order valence-corrected chi connectivity index (χ3v) is 5.02. The largest absolute Gasteiger partial charge is 0.495 e. The highest BCUT2D eigenvalue weighted by molar-refractivity contribution is 5.60. The molecule has 1 aromatic rings. The summed E-state index contributed by atoms with van der Waals surface area (Å²) in [7, 11) is 1.78. The average Bonchev–Trinajstić information content (AvgIpc) is 2.52. The first-order valence-electron chi connectivity index (χ1n) is 8.48. The molecule has 1 aromatic carbocycles. The zero-order valence-electron chi connectivity index (χ0n) is 13.3. The van der Waals surface area contributed by atoms with Crippen LogP contribution >= 0.6 is 0 Å². The lowest BCUT2D eigenvalue weighted by Gasteiger charge is -2.50. The molecule has 21 heavy (non-hydrogen) atoms. The molecule has 2 atom stereocenters. The fourth-order valence-corrected chi connectivity index (χ4v) is 4.13. The van der Waals surface area contributed by atoms with Gasteiger partial charge in [-0.1, -0.05) is 19.1 Å². The summed E-state index contributed by atoms with van der Waals surface area (Å²) in [6, 6.07) is 10.6. The van der Waals surface area contributed by atoms with Gasteiger partial charge < -0.3 is 15.0 Å². The van der Waals surface area contributed by atoms with Gasteiger partial charge in [-0.3, -0.25) is 0 Å². The number of benzene rings is 1. The smallest absolute Gasteiger partial charge is 0.142 e. The van der Waals surface area contributed by atoms with E-state index in [1.54, 1.807) is 7.11 Å². The van der Waals surface area contributed by atoms with Crippen molar-refractivity contribution in [2.24, 2.45) is 0 Å². The number of ether oxygens (including phenoxy) is 1. The summed E-state index contributed by atoms with van der Waals surface area (Å²) in [4.78, 5) is 2.66. The zero-order chi connectivity index (χ0) is 14.7. The van der Waals surface area contributed by atoms with E-state index >= 15 is 0 Å². The van der Waals surface area contributed by atoms with Crippen molar-refractivity contribution in [3.05, 3.63) is 24.3 Å². The number of nitrogens with zero attached hydrogens (tertiary/aromatic N) is 1. The lowest BCUT2D eigenvalue weighted by Crippen LogP contribution is -2.56. The molecule has 0 spiro atoms. The highest BCUT2D eigenvalue weighted by Crippen LogP contribution is 2.41. The summed E-state index contributed by atoms with van der Waals surface area (Å²) in [6.07, 6.45) is 7.78. The van der Waals surface area contributed by atoms with Crippen LogP contribution in [0.15, 0.2) is 24.3 Å². The van der Waals surface area contributed by atoms with Gasteiger partial charge in [0.2, 0.25) is 0 Å². The quantitative estimate of drug-likeness (QED) is 0.896. The van der Waals surface area contributed by atoms with Crippen LogP contribution in [0.2, 0.25) is 0 Å². The van der Waals surface area contributed by atoms with E-state index in [0.29, 0.717) is 18.1 Å². The Labute approximate surface area is 128 Å². The van der Waals surface area contributed by atoms with Crippen LogP contribution < -0.4 is 15.0 Å². The van der Waals surface area contributed by atoms with Gasteiger partial charge in [0, 0.05) is 18.1 Å². The van der Waals surface area contributed by atoms with Gasteiger partial charge in [-0.25, -0.2) is 0 Å². The predicted molar refractivity (Wildman–Crippen MR) is 88.2 cm³/mol. The Balaban J connectivity index is 1.80. The summed E-state index contributed by atoms with van der Waals surface area (Å²) in [5, 5.41) is 3.74. The summed E-state index contributed by atoms with van der Waals surface area (Å²) in [6.45, 7) is 3.40. The summed E-state index contributed by atoms with van der Waals surface area (Å²) in [5.41, 5.74) is 1.30. The molecule has 2 heterocycles. The molecular weight excluding hydrogens is 260 g/mol. The highest BCUT2D eigenvalue weighted by atomic mass is 16.5. The van der Waals surface area contributed by atoms with Crippen molar-refractivity contribution in [1.82, 2.24) is 5.32 Å². The Kier molecular flexibility index (Phi) is 4.69. The second kappa shape index (κ2) is 6.69. The van der Waals surface area contributed by atoms with Crippen LogP contribution in [0, 0.1) is 0 Å². The van der Waals surface area contributed by atoms with Crippen molar-refractivity contribution in [3.8, 4) is 5.75 Å². The molecule has 0 aliphatic carbocycles. The Hall–Kier alpha value is -1.22. The number of methoxy groups -OCH3 is 1. The van der Waals surface area contributed by atoms with Gasteiger partial charge in [0.25, 0.3) is 0 Å². The average molecular weight is 288 g/mol. The van der Waals surface area contributed by atoms with E-state index < -0.39 is 0 Å². The maximum absolute atomic E-state index is 5.60. The normalized spacial score (nSPS) is 28.5. The summed E-state index contributed by atoms with van der Waals surface area (Å²) in [5.74, 6) is 1.02. The molecular formula is C18H28N2O. The summed E-state index contributed by atoms with van der Waals surface area (Å²) >= 11 is 0. The second-order valence-corrected chi connectivity index (χ2v) is 6.44. The Morgan fingerprint density at radius 2 is 1.90 bits per heavy atom. The van der Waals surface area contributed by atoms with Crippen LogP contribution in [0.25, 0.3) is 0 Å². The Morgan fingerprint density at radius 1 is 1.19 bits per heavy atom. The van der Waals surface area contributed by atoms with Crippen LogP contribution in [0.4, 0.5) is 5.69 Å². The van der Waals surface area contributed by atoms with Gasteiger partial charge in [0.1, 0.15) is 5.75 Å². The van der Waals surface area contributed by atoms with E-state index in [1.165, 1.54) is 44.2 Å². The topological polar surface area (TPSA) is 24.5 Å². The molecule has 2 aliphatic rings. The van der Waals surface area contributed by atoms with Crippen LogP contribution in [0.5, 0.6) is 5.75 Å². The van der Waals surface area contributed by atoms with Crippen LogP contribution in [0.1, 0.15) is 45.4 Å². The molecule has 3 nitrogen and oxygen atoms in total. The van der Waals surface area contributed by atoms with Crippen molar-refractivity contribution in [3.63, 3.8) is 0 Å².